The van der Waals surface area contributed by atoms with Gasteiger partial charge in [0.15, 0.2) is 5.11 Å². The number of anilines is 1. The lowest BCUT2D eigenvalue weighted by Crippen LogP contribution is -2.33. The van der Waals surface area contributed by atoms with Crippen LogP contribution in [-0.2, 0) is 11.8 Å². The second kappa shape index (κ2) is 8.67. The molecule has 6 nitrogen and oxygen atoms in total. The van der Waals surface area contributed by atoms with E-state index in [4.69, 9.17) is 12.2 Å². The molecule has 2 atom stereocenters. The summed E-state index contributed by atoms with van der Waals surface area (Å²) in [5, 5.41) is 7.03. The predicted molar refractivity (Wildman–Crippen MR) is 122 cm³/mol. The average molecular weight is 420 g/mol. The van der Waals surface area contributed by atoms with Crippen molar-refractivity contribution in [1.82, 2.24) is 19.8 Å². The van der Waals surface area contributed by atoms with Crippen LogP contribution in [0.3, 0.4) is 0 Å². The molecule has 0 aliphatic carbocycles. The zero-order valence-corrected chi connectivity index (χ0v) is 17.9. The minimum absolute atomic E-state index is 0.0321. The first kappa shape index (κ1) is 20.1. The van der Waals surface area contributed by atoms with E-state index in [0.717, 1.165) is 22.6 Å². The molecule has 0 saturated carbocycles. The SMILES string of the molecule is Cc1cccc(NC(=O)CCN2C(=S)N[C@H](c3ccccn3)[C@@H]2c2cccn2C)c1. The third kappa shape index (κ3) is 4.21. The van der Waals surface area contributed by atoms with Crippen LogP contribution >= 0.6 is 12.2 Å². The fourth-order valence-electron chi connectivity index (χ4n) is 3.92. The Morgan fingerprint density at radius 2 is 2.07 bits per heavy atom. The number of rotatable bonds is 6. The van der Waals surface area contributed by atoms with Gasteiger partial charge in [-0.15, -0.1) is 0 Å². The van der Waals surface area contributed by atoms with Crippen molar-refractivity contribution in [3.8, 4) is 0 Å². The van der Waals surface area contributed by atoms with Crippen molar-refractivity contribution in [2.45, 2.75) is 25.4 Å². The van der Waals surface area contributed by atoms with Gasteiger partial charge < -0.3 is 20.1 Å². The van der Waals surface area contributed by atoms with Crippen molar-refractivity contribution in [1.29, 1.82) is 0 Å². The zero-order chi connectivity index (χ0) is 21.1. The Hall–Kier alpha value is -3.19. The van der Waals surface area contributed by atoms with Crippen molar-refractivity contribution in [2.24, 2.45) is 7.05 Å². The highest BCUT2D eigenvalue weighted by Crippen LogP contribution is 2.38. The van der Waals surface area contributed by atoms with Gasteiger partial charge in [0.1, 0.15) is 0 Å². The number of nitrogens with one attached hydrogen (secondary N) is 2. The van der Waals surface area contributed by atoms with Crippen molar-refractivity contribution in [3.63, 3.8) is 0 Å². The van der Waals surface area contributed by atoms with Gasteiger partial charge in [0, 0.05) is 43.8 Å². The monoisotopic (exact) mass is 419 g/mol. The lowest BCUT2D eigenvalue weighted by molar-refractivity contribution is -0.116. The molecule has 0 bridgehead atoms. The van der Waals surface area contributed by atoms with Crippen molar-refractivity contribution >= 4 is 28.9 Å². The van der Waals surface area contributed by atoms with E-state index in [-0.39, 0.29) is 18.0 Å². The number of amides is 1. The molecular weight excluding hydrogens is 394 g/mol. The highest BCUT2D eigenvalue weighted by Gasteiger charge is 2.40. The van der Waals surface area contributed by atoms with Gasteiger partial charge in [0.05, 0.1) is 17.8 Å². The van der Waals surface area contributed by atoms with Crippen LogP contribution in [-0.4, -0.2) is 32.0 Å². The number of benzene rings is 1. The van der Waals surface area contributed by atoms with E-state index in [0.29, 0.717) is 18.1 Å². The third-order valence-corrected chi connectivity index (χ3v) is 5.72. The highest BCUT2D eigenvalue weighted by atomic mass is 32.1. The molecule has 0 spiro atoms. The van der Waals surface area contributed by atoms with E-state index in [2.05, 4.69) is 31.2 Å². The van der Waals surface area contributed by atoms with Gasteiger partial charge in [-0.25, -0.2) is 0 Å². The number of nitrogens with zero attached hydrogens (tertiary/aromatic N) is 3. The largest absolute Gasteiger partial charge is 0.353 e. The molecule has 4 rings (SSSR count). The fourth-order valence-corrected chi connectivity index (χ4v) is 4.25. The predicted octanol–water partition coefficient (Wildman–Crippen LogP) is 3.73. The molecule has 3 aromatic rings. The molecule has 1 saturated heterocycles. The summed E-state index contributed by atoms with van der Waals surface area (Å²) in [6, 6.07) is 17.7. The Bertz CT molecular complexity index is 1050. The van der Waals surface area contributed by atoms with E-state index >= 15 is 0 Å². The Morgan fingerprint density at radius 1 is 1.20 bits per heavy atom. The quantitative estimate of drug-likeness (QED) is 0.596. The van der Waals surface area contributed by atoms with E-state index in [1.54, 1.807) is 6.20 Å². The maximum atomic E-state index is 12.6. The van der Waals surface area contributed by atoms with Crippen LogP contribution in [0.4, 0.5) is 5.69 Å². The summed E-state index contributed by atoms with van der Waals surface area (Å²) < 4.78 is 2.09. The highest BCUT2D eigenvalue weighted by molar-refractivity contribution is 7.80. The Balaban J connectivity index is 1.52. The normalized spacial score (nSPS) is 18.3. The van der Waals surface area contributed by atoms with Gasteiger partial charge in [-0.1, -0.05) is 18.2 Å². The van der Waals surface area contributed by atoms with Crippen LogP contribution < -0.4 is 10.6 Å². The average Bonchev–Trinajstić information content (AvgIpc) is 3.29. The molecule has 154 valence electrons. The second-order valence-corrected chi connectivity index (χ2v) is 7.92. The Kier molecular flexibility index (Phi) is 5.81. The maximum absolute atomic E-state index is 12.6. The van der Waals surface area contributed by atoms with Crippen LogP contribution in [0, 0.1) is 6.92 Å². The molecule has 2 N–H and O–H groups in total. The summed E-state index contributed by atoms with van der Waals surface area (Å²) in [6.07, 6.45) is 4.15. The van der Waals surface area contributed by atoms with Crippen LogP contribution in [0.5, 0.6) is 0 Å². The van der Waals surface area contributed by atoms with Gasteiger partial charge >= 0.3 is 0 Å². The maximum Gasteiger partial charge on any atom is 0.226 e. The van der Waals surface area contributed by atoms with Gasteiger partial charge in [0.2, 0.25) is 5.91 Å². The van der Waals surface area contributed by atoms with Crippen molar-refractivity contribution in [2.75, 3.05) is 11.9 Å². The molecule has 1 amide bonds. The molecule has 0 unspecified atom stereocenters. The Morgan fingerprint density at radius 3 is 2.77 bits per heavy atom. The number of aryl methyl sites for hydroxylation is 2. The smallest absolute Gasteiger partial charge is 0.226 e. The van der Waals surface area contributed by atoms with Gasteiger partial charge in [-0.05, 0) is 61.1 Å². The van der Waals surface area contributed by atoms with Crippen molar-refractivity contribution < 1.29 is 4.79 Å². The van der Waals surface area contributed by atoms with Gasteiger partial charge in [-0.2, -0.15) is 0 Å². The van der Waals surface area contributed by atoms with Crippen molar-refractivity contribution in [3.05, 3.63) is 83.9 Å². The first-order valence-corrected chi connectivity index (χ1v) is 10.4. The minimum Gasteiger partial charge on any atom is -0.353 e. The summed E-state index contributed by atoms with van der Waals surface area (Å²) in [7, 11) is 2.02. The molecule has 1 aromatic carbocycles. The molecule has 0 radical (unpaired) electrons. The van der Waals surface area contributed by atoms with E-state index in [9.17, 15) is 4.79 Å². The summed E-state index contributed by atoms with van der Waals surface area (Å²) in [4.78, 5) is 19.2. The topological polar surface area (TPSA) is 62.2 Å². The van der Waals surface area contributed by atoms with E-state index in [1.807, 2.05) is 68.7 Å². The fraction of sp³-hybridized carbons (Fsp3) is 0.261. The molecule has 1 aliphatic rings. The minimum atomic E-state index is -0.0767. The third-order valence-electron chi connectivity index (χ3n) is 5.37. The van der Waals surface area contributed by atoms with Gasteiger partial charge in [-0.3, -0.25) is 9.78 Å². The summed E-state index contributed by atoms with van der Waals surface area (Å²) in [5.74, 6) is -0.0321. The van der Waals surface area contributed by atoms with Gasteiger partial charge in [0.25, 0.3) is 0 Å². The zero-order valence-electron chi connectivity index (χ0n) is 17.1. The first-order chi connectivity index (χ1) is 14.5. The Labute approximate surface area is 181 Å². The summed E-state index contributed by atoms with van der Waals surface area (Å²) in [6.45, 7) is 2.52. The van der Waals surface area contributed by atoms with Crippen LogP contribution in [0.25, 0.3) is 0 Å². The van der Waals surface area contributed by atoms with E-state index in [1.165, 1.54) is 0 Å². The number of carbonyl (C=O) groups excluding carboxylic acids is 1. The number of carbonyl (C=O) groups is 1. The van der Waals surface area contributed by atoms with Crippen LogP contribution in [0.1, 0.15) is 35.5 Å². The number of pyridine rings is 1. The number of hydrogen-bond acceptors (Lipinski definition) is 3. The lowest BCUT2D eigenvalue weighted by atomic mass is 10.0. The van der Waals surface area contributed by atoms with Crippen LogP contribution in [0.2, 0.25) is 0 Å². The molecule has 3 heterocycles. The van der Waals surface area contributed by atoms with E-state index < -0.39 is 0 Å². The molecule has 2 aromatic heterocycles. The molecule has 30 heavy (non-hydrogen) atoms. The lowest BCUT2D eigenvalue weighted by Gasteiger charge is -2.28. The van der Waals surface area contributed by atoms with Crippen LogP contribution in [0.15, 0.2) is 67.0 Å². The summed E-state index contributed by atoms with van der Waals surface area (Å²) >= 11 is 5.66. The molecule has 1 aliphatic heterocycles. The number of thiocarbonyl (C=S) groups is 1. The first-order valence-electron chi connectivity index (χ1n) is 9.99. The standard InChI is InChI=1S/C23H25N5OS/c1-16-7-5-8-17(15-16)25-20(29)11-14-28-22(19-10-6-13-27(19)2)21(26-23(28)30)18-9-3-4-12-24-18/h3-10,12-13,15,21-22H,11,14H2,1-2H3,(H,25,29)(H,26,30)/t21-,22+/m1/s1. The summed E-state index contributed by atoms with van der Waals surface area (Å²) in [5.41, 5.74) is 3.97. The molecular formula is C23H25N5OS. The number of aromatic nitrogens is 2. The second-order valence-electron chi connectivity index (χ2n) is 7.53. The number of hydrogen-bond donors (Lipinski definition) is 2. The molecule has 1 fully saturated rings. The molecule has 7 heteroatoms.